The molecule has 1 atom stereocenters. The molecule has 0 fully saturated rings. The molecule has 1 N–H and O–H groups in total. The van der Waals surface area contributed by atoms with Crippen LogP contribution in [0.15, 0.2) is 60.0 Å². The highest BCUT2D eigenvalue weighted by Gasteiger charge is 2.26. The third-order valence-corrected chi connectivity index (χ3v) is 6.67. The van der Waals surface area contributed by atoms with Crippen LogP contribution in [-0.2, 0) is 13.0 Å². The van der Waals surface area contributed by atoms with Crippen LogP contribution in [0.3, 0.4) is 0 Å². The third kappa shape index (κ3) is 4.03. The second-order valence-corrected chi connectivity index (χ2v) is 8.51. The monoisotopic (exact) mass is 390 g/mol. The van der Waals surface area contributed by atoms with Crippen molar-refractivity contribution >= 4 is 17.2 Å². The summed E-state index contributed by atoms with van der Waals surface area (Å²) in [7, 11) is 0. The molecule has 3 aromatic rings. The number of nitrogens with zero attached hydrogens (tertiary/aromatic N) is 1. The minimum absolute atomic E-state index is 0.00191. The molecule has 3 nitrogen and oxygen atoms in total. The van der Waals surface area contributed by atoms with Crippen molar-refractivity contribution in [1.82, 2.24) is 10.2 Å². The van der Waals surface area contributed by atoms with E-state index in [1.807, 2.05) is 25.1 Å². The Hall–Kier alpha value is -2.43. The number of hydrogen-bond acceptors (Lipinski definition) is 3. The maximum absolute atomic E-state index is 12.7. The van der Waals surface area contributed by atoms with Crippen molar-refractivity contribution in [2.45, 2.75) is 32.9 Å². The molecular formula is C24H26N2OS. The van der Waals surface area contributed by atoms with Gasteiger partial charge in [-0.1, -0.05) is 36.4 Å². The maximum Gasteiger partial charge on any atom is 0.251 e. The molecule has 144 valence electrons. The average molecular weight is 391 g/mol. The topological polar surface area (TPSA) is 32.3 Å². The average Bonchev–Trinajstić information content (AvgIpc) is 3.24. The predicted molar refractivity (Wildman–Crippen MR) is 116 cm³/mol. The van der Waals surface area contributed by atoms with Gasteiger partial charge in [0.05, 0.1) is 6.04 Å². The molecule has 28 heavy (non-hydrogen) atoms. The number of hydrogen-bond donors (Lipinski definition) is 1. The van der Waals surface area contributed by atoms with Gasteiger partial charge in [0.2, 0.25) is 0 Å². The summed E-state index contributed by atoms with van der Waals surface area (Å²) in [6.07, 6.45) is 1.06. The maximum atomic E-state index is 12.7. The van der Waals surface area contributed by atoms with Crippen LogP contribution in [-0.4, -0.2) is 23.9 Å². The third-order valence-electron chi connectivity index (χ3n) is 5.70. The molecule has 0 unspecified atom stereocenters. The first kappa shape index (κ1) is 18.9. The zero-order valence-corrected chi connectivity index (χ0v) is 17.3. The van der Waals surface area contributed by atoms with E-state index in [1.165, 1.54) is 21.6 Å². The minimum Gasteiger partial charge on any atom is -0.350 e. The van der Waals surface area contributed by atoms with Crippen molar-refractivity contribution in [3.05, 3.63) is 92.7 Å². The fraction of sp³-hybridized carbons (Fsp3) is 0.292. The van der Waals surface area contributed by atoms with E-state index < -0.39 is 0 Å². The molecule has 4 rings (SSSR count). The first-order valence-electron chi connectivity index (χ1n) is 9.81. The van der Waals surface area contributed by atoms with Gasteiger partial charge in [0.15, 0.2) is 0 Å². The lowest BCUT2D eigenvalue weighted by molar-refractivity contribution is 0.0928. The predicted octanol–water partition coefficient (Wildman–Crippen LogP) is 4.89. The normalized spacial score (nSPS) is 15.1. The Bertz CT molecular complexity index is 964. The van der Waals surface area contributed by atoms with E-state index in [1.54, 1.807) is 11.3 Å². The standard InChI is InChI=1S/C24H26N2OS/c1-17-9-10-20(14-18(17)2)24(27)25-15-22(23-8-5-13-28-23)26-12-11-19-6-3-4-7-21(19)16-26/h3-10,13-14,22H,11-12,15-16H2,1-2H3,(H,25,27)/t22-/m0/s1. The molecular weight excluding hydrogens is 364 g/mol. The number of amides is 1. The van der Waals surface area contributed by atoms with Crippen LogP contribution in [0.4, 0.5) is 0 Å². The Morgan fingerprint density at radius 3 is 2.64 bits per heavy atom. The lowest BCUT2D eigenvalue weighted by atomic mass is 9.98. The van der Waals surface area contributed by atoms with Gasteiger partial charge < -0.3 is 5.32 Å². The van der Waals surface area contributed by atoms with Crippen LogP contribution in [0.1, 0.15) is 43.5 Å². The molecule has 0 bridgehead atoms. The molecule has 0 spiro atoms. The van der Waals surface area contributed by atoms with Crippen molar-refractivity contribution in [2.75, 3.05) is 13.1 Å². The molecule has 1 aliphatic heterocycles. The van der Waals surface area contributed by atoms with E-state index in [2.05, 4.69) is 58.9 Å². The summed E-state index contributed by atoms with van der Waals surface area (Å²) in [5, 5.41) is 5.30. The first-order valence-corrected chi connectivity index (χ1v) is 10.7. The molecule has 0 saturated heterocycles. The molecule has 0 saturated carbocycles. The molecule has 1 aromatic heterocycles. The fourth-order valence-corrected chi connectivity index (χ4v) is 4.71. The van der Waals surface area contributed by atoms with E-state index in [9.17, 15) is 4.79 Å². The number of nitrogens with one attached hydrogen (secondary N) is 1. The van der Waals surface area contributed by atoms with Crippen LogP contribution in [0.2, 0.25) is 0 Å². The van der Waals surface area contributed by atoms with Gasteiger partial charge >= 0.3 is 0 Å². The van der Waals surface area contributed by atoms with Gasteiger partial charge in [0, 0.05) is 30.1 Å². The van der Waals surface area contributed by atoms with Gasteiger partial charge in [-0.15, -0.1) is 11.3 Å². The van der Waals surface area contributed by atoms with Crippen LogP contribution < -0.4 is 5.32 Å². The molecule has 2 aromatic carbocycles. The van der Waals surface area contributed by atoms with E-state index in [0.29, 0.717) is 6.54 Å². The van der Waals surface area contributed by atoms with E-state index >= 15 is 0 Å². The van der Waals surface area contributed by atoms with Crippen molar-refractivity contribution in [3.8, 4) is 0 Å². The van der Waals surface area contributed by atoms with Gasteiger partial charge in [-0.05, 0) is 66.1 Å². The summed E-state index contributed by atoms with van der Waals surface area (Å²) >= 11 is 1.76. The second kappa shape index (κ2) is 8.29. The Morgan fingerprint density at radius 1 is 1.07 bits per heavy atom. The smallest absolute Gasteiger partial charge is 0.251 e. The van der Waals surface area contributed by atoms with Crippen LogP contribution in [0, 0.1) is 13.8 Å². The van der Waals surface area contributed by atoms with Crippen LogP contribution >= 0.6 is 11.3 Å². The van der Waals surface area contributed by atoms with Gasteiger partial charge in [-0.25, -0.2) is 0 Å². The molecule has 1 amide bonds. The van der Waals surface area contributed by atoms with E-state index in [0.717, 1.165) is 30.6 Å². The summed E-state index contributed by atoms with van der Waals surface area (Å²) in [4.78, 5) is 16.5. The number of aryl methyl sites for hydroxylation is 2. The highest BCUT2D eigenvalue weighted by Crippen LogP contribution is 2.30. The van der Waals surface area contributed by atoms with Gasteiger partial charge in [0.1, 0.15) is 0 Å². The van der Waals surface area contributed by atoms with Gasteiger partial charge in [-0.2, -0.15) is 0 Å². The fourth-order valence-electron chi connectivity index (χ4n) is 3.85. The molecule has 4 heteroatoms. The molecule has 1 aliphatic rings. The van der Waals surface area contributed by atoms with Gasteiger partial charge in [0.25, 0.3) is 5.91 Å². The second-order valence-electron chi connectivity index (χ2n) is 7.53. The largest absolute Gasteiger partial charge is 0.350 e. The lowest BCUT2D eigenvalue weighted by Gasteiger charge is -2.35. The minimum atomic E-state index is 0.00191. The van der Waals surface area contributed by atoms with Crippen LogP contribution in [0.25, 0.3) is 0 Å². The Labute approximate surface area is 171 Å². The highest BCUT2D eigenvalue weighted by atomic mass is 32.1. The number of benzene rings is 2. The summed E-state index contributed by atoms with van der Waals surface area (Å²) in [6, 6.07) is 19.1. The summed E-state index contributed by atoms with van der Waals surface area (Å²) < 4.78 is 0. The highest BCUT2D eigenvalue weighted by molar-refractivity contribution is 7.10. The van der Waals surface area contributed by atoms with Crippen LogP contribution in [0.5, 0.6) is 0 Å². The first-order chi connectivity index (χ1) is 13.6. The number of carbonyl (C=O) groups is 1. The van der Waals surface area contributed by atoms with E-state index in [4.69, 9.17) is 0 Å². The summed E-state index contributed by atoms with van der Waals surface area (Å²) in [5.74, 6) is 0.00191. The molecule has 0 radical (unpaired) electrons. The van der Waals surface area contributed by atoms with Crippen molar-refractivity contribution < 1.29 is 4.79 Å². The zero-order chi connectivity index (χ0) is 19.5. The number of fused-ring (bicyclic) bond motifs is 1. The Kier molecular flexibility index (Phi) is 5.60. The summed E-state index contributed by atoms with van der Waals surface area (Å²) in [6.45, 7) is 6.68. The van der Waals surface area contributed by atoms with Crippen molar-refractivity contribution in [3.63, 3.8) is 0 Å². The lowest BCUT2D eigenvalue weighted by Crippen LogP contribution is -2.40. The number of rotatable bonds is 5. The zero-order valence-electron chi connectivity index (χ0n) is 16.4. The molecule has 2 heterocycles. The number of thiophene rings is 1. The Balaban J connectivity index is 1.50. The van der Waals surface area contributed by atoms with Crippen molar-refractivity contribution in [1.29, 1.82) is 0 Å². The van der Waals surface area contributed by atoms with E-state index in [-0.39, 0.29) is 11.9 Å². The quantitative estimate of drug-likeness (QED) is 0.672. The SMILES string of the molecule is Cc1ccc(C(=O)NC[C@@H](c2cccs2)N2CCc3ccccc3C2)cc1C. The Morgan fingerprint density at radius 2 is 1.89 bits per heavy atom. The summed E-state index contributed by atoms with van der Waals surface area (Å²) in [5.41, 5.74) is 5.94. The van der Waals surface area contributed by atoms with Crippen molar-refractivity contribution in [2.24, 2.45) is 0 Å². The number of carbonyl (C=O) groups excluding carboxylic acids is 1. The van der Waals surface area contributed by atoms with Gasteiger partial charge in [-0.3, -0.25) is 9.69 Å². The molecule has 0 aliphatic carbocycles.